The first-order valence-electron chi connectivity index (χ1n) is 11.6. The van der Waals surface area contributed by atoms with E-state index in [9.17, 15) is 9.59 Å². The molecule has 0 saturated heterocycles. The monoisotopic (exact) mass is 479 g/mol. The maximum absolute atomic E-state index is 13.4. The number of para-hydroxylation sites is 1. The van der Waals surface area contributed by atoms with Crippen molar-refractivity contribution in [1.82, 2.24) is 14.8 Å². The third-order valence-corrected chi connectivity index (χ3v) is 5.92. The van der Waals surface area contributed by atoms with Gasteiger partial charge in [0.25, 0.3) is 11.8 Å². The molecule has 0 radical (unpaired) electrons. The van der Waals surface area contributed by atoms with E-state index in [2.05, 4.69) is 16.8 Å². The number of fused-ring (bicyclic) bond motifs is 1. The van der Waals surface area contributed by atoms with E-state index in [4.69, 9.17) is 14.2 Å². The van der Waals surface area contributed by atoms with E-state index in [-0.39, 0.29) is 17.2 Å². The fourth-order valence-electron chi connectivity index (χ4n) is 4.05. The molecule has 0 unspecified atom stereocenters. The Hall–Kier alpha value is -3.94. The molecule has 0 fully saturated rings. The van der Waals surface area contributed by atoms with Gasteiger partial charge in [0.15, 0.2) is 11.5 Å². The van der Waals surface area contributed by atoms with Gasteiger partial charge in [-0.25, -0.2) is 0 Å². The summed E-state index contributed by atoms with van der Waals surface area (Å²) in [6.07, 6.45) is 3.73. The lowest BCUT2D eigenvalue weighted by molar-refractivity contribution is -0.127. The number of rotatable bonds is 10. The lowest BCUT2D eigenvalue weighted by Gasteiger charge is -2.21. The maximum Gasteiger partial charge on any atom is 0.270 e. The van der Waals surface area contributed by atoms with Crippen LogP contribution in [0.4, 0.5) is 0 Å². The molecule has 3 rings (SSSR count). The molecule has 8 heteroatoms. The van der Waals surface area contributed by atoms with E-state index in [1.54, 1.807) is 23.1 Å². The molecular weight excluding hydrogens is 446 g/mol. The van der Waals surface area contributed by atoms with E-state index < -0.39 is 5.91 Å². The molecule has 0 saturated carbocycles. The van der Waals surface area contributed by atoms with Gasteiger partial charge in [0, 0.05) is 47.9 Å². The molecule has 1 heterocycles. The van der Waals surface area contributed by atoms with E-state index in [1.807, 2.05) is 44.3 Å². The van der Waals surface area contributed by atoms with Gasteiger partial charge >= 0.3 is 0 Å². The summed E-state index contributed by atoms with van der Waals surface area (Å²) in [5.74, 6) is 0.362. The van der Waals surface area contributed by atoms with Crippen molar-refractivity contribution < 1.29 is 23.8 Å². The second kappa shape index (κ2) is 11.5. The van der Waals surface area contributed by atoms with Gasteiger partial charge in [0.2, 0.25) is 5.75 Å². The van der Waals surface area contributed by atoms with Crippen molar-refractivity contribution in [3.63, 3.8) is 0 Å². The zero-order valence-electron chi connectivity index (χ0n) is 21.2. The third kappa shape index (κ3) is 5.26. The SMILES string of the molecule is CCN(CC)C(=O)C(=Cc1cn(CC)c2ccccc12)NC(=O)c1cc(OC)c(OC)c(OC)c1. The fraction of sp³-hybridized carbons (Fsp3) is 0.333. The smallest absolute Gasteiger partial charge is 0.270 e. The Kier molecular flexibility index (Phi) is 8.41. The van der Waals surface area contributed by atoms with Crippen LogP contribution in [-0.4, -0.2) is 55.7 Å². The highest BCUT2D eigenvalue weighted by atomic mass is 16.5. The number of nitrogens with zero attached hydrogens (tertiary/aromatic N) is 2. The van der Waals surface area contributed by atoms with Crippen LogP contribution in [0.25, 0.3) is 17.0 Å². The highest BCUT2D eigenvalue weighted by Gasteiger charge is 2.22. The Morgan fingerprint density at radius 2 is 1.60 bits per heavy atom. The molecule has 2 amide bonds. The Labute approximate surface area is 206 Å². The molecule has 186 valence electrons. The lowest BCUT2D eigenvalue weighted by Crippen LogP contribution is -2.38. The van der Waals surface area contributed by atoms with Gasteiger partial charge in [-0.1, -0.05) is 18.2 Å². The van der Waals surface area contributed by atoms with Gasteiger partial charge in [-0.05, 0) is 45.0 Å². The van der Waals surface area contributed by atoms with Gasteiger partial charge in [-0.2, -0.15) is 0 Å². The number of carbonyl (C=O) groups excluding carboxylic acids is 2. The van der Waals surface area contributed by atoms with Crippen LogP contribution < -0.4 is 19.5 Å². The molecule has 8 nitrogen and oxygen atoms in total. The largest absolute Gasteiger partial charge is 0.493 e. The summed E-state index contributed by atoms with van der Waals surface area (Å²) in [6, 6.07) is 11.1. The van der Waals surface area contributed by atoms with Gasteiger partial charge in [-0.3, -0.25) is 9.59 Å². The number of methoxy groups -OCH3 is 3. The first kappa shape index (κ1) is 25.7. The molecule has 0 bridgehead atoms. The van der Waals surface area contributed by atoms with E-state index in [1.165, 1.54) is 21.3 Å². The molecule has 2 aromatic carbocycles. The number of carbonyl (C=O) groups is 2. The van der Waals surface area contributed by atoms with Crippen LogP contribution in [-0.2, 0) is 11.3 Å². The summed E-state index contributed by atoms with van der Waals surface area (Å²) < 4.78 is 18.2. The zero-order chi connectivity index (χ0) is 25.5. The minimum absolute atomic E-state index is 0.187. The first-order chi connectivity index (χ1) is 16.9. The topological polar surface area (TPSA) is 82.0 Å². The molecule has 3 aromatic rings. The molecule has 1 aromatic heterocycles. The van der Waals surface area contributed by atoms with Crippen molar-refractivity contribution in [3.8, 4) is 17.2 Å². The van der Waals surface area contributed by atoms with Crippen LogP contribution in [0, 0.1) is 0 Å². The summed E-state index contributed by atoms with van der Waals surface area (Å²) in [5.41, 5.74) is 2.37. The zero-order valence-corrected chi connectivity index (χ0v) is 21.2. The maximum atomic E-state index is 13.4. The number of hydrogen-bond donors (Lipinski definition) is 1. The third-order valence-electron chi connectivity index (χ3n) is 5.92. The molecule has 0 atom stereocenters. The number of aryl methyl sites for hydroxylation is 1. The highest BCUT2D eigenvalue weighted by molar-refractivity contribution is 6.07. The summed E-state index contributed by atoms with van der Waals surface area (Å²) in [5, 5.41) is 3.83. The van der Waals surface area contributed by atoms with Crippen molar-refractivity contribution in [2.75, 3.05) is 34.4 Å². The predicted molar refractivity (Wildman–Crippen MR) is 137 cm³/mol. The Bertz CT molecular complexity index is 1220. The second-order valence-corrected chi connectivity index (χ2v) is 7.79. The number of nitrogens with one attached hydrogen (secondary N) is 1. The molecule has 0 aliphatic heterocycles. The molecule has 0 spiro atoms. The number of amides is 2. The number of aromatic nitrogens is 1. The standard InChI is InChI=1S/C27H33N3O5/c1-7-29(8-2)27(32)21(14-19-17-30(9-3)22-13-11-10-12-20(19)22)28-26(31)18-15-23(33-4)25(35-6)24(16-18)34-5/h10-17H,7-9H2,1-6H3,(H,28,31). The molecule has 35 heavy (non-hydrogen) atoms. The van der Waals surface area contributed by atoms with Crippen molar-refractivity contribution in [1.29, 1.82) is 0 Å². The van der Waals surface area contributed by atoms with Crippen LogP contribution >= 0.6 is 0 Å². The van der Waals surface area contributed by atoms with Crippen LogP contribution in [0.3, 0.4) is 0 Å². The minimum Gasteiger partial charge on any atom is -0.493 e. The minimum atomic E-state index is -0.463. The normalized spacial score (nSPS) is 11.3. The number of likely N-dealkylation sites (N-methyl/N-ethyl adjacent to an activating group) is 1. The average molecular weight is 480 g/mol. The summed E-state index contributed by atoms with van der Waals surface area (Å²) in [7, 11) is 4.46. The van der Waals surface area contributed by atoms with E-state index in [0.29, 0.717) is 30.3 Å². The number of ether oxygens (including phenoxy) is 3. The molecule has 0 aliphatic carbocycles. The molecule has 1 N–H and O–H groups in total. The number of hydrogen-bond acceptors (Lipinski definition) is 5. The molecular formula is C27H33N3O5. The quantitative estimate of drug-likeness (QED) is 0.438. The van der Waals surface area contributed by atoms with Crippen LogP contribution in [0.15, 0.2) is 48.3 Å². The van der Waals surface area contributed by atoms with E-state index in [0.717, 1.165) is 23.0 Å². The van der Waals surface area contributed by atoms with Crippen molar-refractivity contribution >= 4 is 28.8 Å². The Morgan fingerprint density at radius 1 is 0.971 bits per heavy atom. The Morgan fingerprint density at radius 3 is 2.14 bits per heavy atom. The van der Waals surface area contributed by atoms with Crippen LogP contribution in [0.5, 0.6) is 17.2 Å². The van der Waals surface area contributed by atoms with Gasteiger partial charge in [0.05, 0.1) is 21.3 Å². The van der Waals surface area contributed by atoms with Gasteiger partial charge < -0.3 is 29.0 Å². The van der Waals surface area contributed by atoms with Crippen molar-refractivity contribution in [2.45, 2.75) is 27.3 Å². The van der Waals surface area contributed by atoms with Gasteiger partial charge in [-0.15, -0.1) is 0 Å². The van der Waals surface area contributed by atoms with Crippen LogP contribution in [0.2, 0.25) is 0 Å². The Balaban J connectivity index is 2.09. The van der Waals surface area contributed by atoms with Crippen molar-refractivity contribution in [3.05, 3.63) is 59.4 Å². The summed E-state index contributed by atoms with van der Waals surface area (Å²) >= 11 is 0. The fourth-order valence-corrected chi connectivity index (χ4v) is 4.05. The lowest BCUT2D eigenvalue weighted by atomic mass is 10.1. The van der Waals surface area contributed by atoms with Crippen molar-refractivity contribution in [2.24, 2.45) is 0 Å². The first-order valence-corrected chi connectivity index (χ1v) is 11.6. The van der Waals surface area contributed by atoms with Gasteiger partial charge in [0.1, 0.15) is 5.70 Å². The number of benzene rings is 2. The summed E-state index contributed by atoms with van der Waals surface area (Å²) in [6.45, 7) is 7.69. The molecule has 0 aliphatic rings. The average Bonchev–Trinajstić information content (AvgIpc) is 3.25. The second-order valence-electron chi connectivity index (χ2n) is 7.79. The van der Waals surface area contributed by atoms with E-state index >= 15 is 0 Å². The van der Waals surface area contributed by atoms with Crippen LogP contribution in [0.1, 0.15) is 36.7 Å². The summed E-state index contributed by atoms with van der Waals surface area (Å²) in [4.78, 5) is 28.4. The predicted octanol–water partition coefficient (Wildman–Crippen LogP) is 4.33. The highest BCUT2D eigenvalue weighted by Crippen LogP contribution is 2.38.